The van der Waals surface area contributed by atoms with Gasteiger partial charge in [0.05, 0.1) is 26.3 Å². The average molecular weight is 263 g/mol. The minimum atomic E-state index is 0.470. The third kappa shape index (κ3) is 1.37. The average Bonchev–Trinajstić information content (AvgIpc) is 2.47. The van der Waals surface area contributed by atoms with Gasteiger partial charge in [-0.05, 0) is 28.1 Å². The van der Waals surface area contributed by atoms with Gasteiger partial charge in [-0.2, -0.15) is 0 Å². The molecule has 0 aromatic carbocycles. The molecule has 0 spiro atoms. The predicted molar refractivity (Wildman–Crippen MR) is 56.9 cm³/mol. The van der Waals surface area contributed by atoms with E-state index in [4.69, 9.17) is 11.6 Å². The highest BCUT2D eigenvalue weighted by molar-refractivity contribution is 9.10. The molecule has 0 radical (unpaired) electrons. The zero-order valence-electron chi connectivity index (χ0n) is 6.05. The monoisotopic (exact) mass is 261 g/mol. The van der Waals surface area contributed by atoms with Crippen molar-refractivity contribution < 1.29 is 0 Å². The van der Waals surface area contributed by atoms with Crippen molar-refractivity contribution in [3.8, 4) is 0 Å². The summed E-state index contributed by atoms with van der Waals surface area (Å²) in [6, 6.07) is 4.01. The van der Waals surface area contributed by atoms with E-state index in [1.165, 1.54) is 4.70 Å². The van der Waals surface area contributed by atoms with E-state index in [1.54, 1.807) is 11.3 Å². The minimum absolute atomic E-state index is 0.470. The molecule has 0 aliphatic heterocycles. The largest absolute Gasteiger partial charge is 0.249 e. The van der Waals surface area contributed by atoms with Gasteiger partial charge in [-0.3, -0.25) is 0 Å². The number of hydrogen-bond acceptors (Lipinski definition) is 2. The maximum absolute atomic E-state index is 5.67. The number of aromatic nitrogens is 1. The van der Waals surface area contributed by atoms with Crippen LogP contribution in [0, 0.1) is 0 Å². The number of hydrogen-bond donors (Lipinski definition) is 0. The summed E-state index contributed by atoms with van der Waals surface area (Å²) in [5, 5.41) is 2.04. The maximum Gasteiger partial charge on any atom is 0.0955 e. The van der Waals surface area contributed by atoms with Gasteiger partial charge in [0.1, 0.15) is 0 Å². The second-order valence-electron chi connectivity index (χ2n) is 2.37. The lowest BCUT2D eigenvalue weighted by Crippen LogP contribution is -1.83. The van der Waals surface area contributed by atoms with Gasteiger partial charge in [-0.1, -0.05) is 0 Å². The molecule has 0 unspecified atom stereocenters. The van der Waals surface area contributed by atoms with Crippen molar-refractivity contribution in [2.45, 2.75) is 5.88 Å². The zero-order valence-corrected chi connectivity index (χ0v) is 9.21. The number of halogens is 2. The summed E-state index contributed by atoms with van der Waals surface area (Å²) in [5.74, 6) is 0.470. The van der Waals surface area contributed by atoms with E-state index in [0.717, 1.165) is 15.7 Å². The van der Waals surface area contributed by atoms with Crippen molar-refractivity contribution in [1.82, 2.24) is 4.98 Å². The smallest absolute Gasteiger partial charge is 0.0955 e. The van der Waals surface area contributed by atoms with E-state index in [-0.39, 0.29) is 0 Å². The first-order valence-electron chi connectivity index (χ1n) is 3.40. The fraction of sp³-hybridized carbons (Fsp3) is 0.125. The van der Waals surface area contributed by atoms with E-state index in [9.17, 15) is 0 Å². The van der Waals surface area contributed by atoms with E-state index in [0.29, 0.717) is 5.88 Å². The summed E-state index contributed by atoms with van der Waals surface area (Å²) >= 11 is 10.8. The molecule has 0 fully saturated rings. The molecule has 0 saturated heterocycles. The predicted octanol–water partition coefficient (Wildman–Crippen LogP) is 3.80. The van der Waals surface area contributed by atoms with E-state index in [2.05, 4.69) is 27.0 Å². The third-order valence-electron chi connectivity index (χ3n) is 1.57. The van der Waals surface area contributed by atoms with Gasteiger partial charge in [0.25, 0.3) is 0 Å². The maximum atomic E-state index is 5.67. The Balaban J connectivity index is 2.71. The quantitative estimate of drug-likeness (QED) is 0.713. The number of thiophene rings is 1. The number of pyridine rings is 1. The van der Waals surface area contributed by atoms with Crippen molar-refractivity contribution in [2.24, 2.45) is 0 Å². The highest BCUT2D eigenvalue weighted by Gasteiger charge is 2.02. The molecule has 0 saturated carbocycles. The van der Waals surface area contributed by atoms with Crippen LogP contribution in [0.3, 0.4) is 0 Å². The fourth-order valence-corrected chi connectivity index (χ4v) is 2.62. The minimum Gasteiger partial charge on any atom is -0.249 e. The Morgan fingerprint density at radius 1 is 1.50 bits per heavy atom. The first-order valence-corrected chi connectivity index (χ1v) is 5.60. The van der Waals surface area contributed by atoms with Gasteiger partial charge in [0.15, 0.2) is 0 Å². The van der Waals surface area contributed by atoms with Crippen LogP contribution in [0.25, 0.3) is 10.2 Å². The zero-order chi connectivity index (χ0) is 8.55. The molecule has 0 aliphatic carbocycles. The van der Waals surface area contributed by atoms with Crippen molar-refractivity contribution >= 4 is 49.1 Å². The Labute approximate surface area is 87.5 Å². The van der Waals surface area contributed by atoms with Gasteiger partial charge in [0.2, 0.25) is 0 Å². The van der Waals surface area contributed by atoms with Gasteiger partial charge >= 0.3 is 0 Å². The van der Waals surface area contributed by atoms with Crippen LogP contribution in [0.15, 0.2) is 22.0 Å². The van der Waals surface area contributed by atoms with E-state index < -0.39 is 0 Å². The van der Waals surface area contributed by atoms with Gasteiger partial charge < -0.3 is 0 Å². The Morgan fingerprint density at radius 2 is 2.33 bits per heavy atom. The molecule has 0 bridgehead atoms. The molecule has 4 heteroatoms. The molecule has 2 aromatic rings. The Kier molecular flexibility index (Phi) is 2.35. The van der Waals surface area contributed by atoms with Crippen molar-refractivity contribution in [1.29, 1.82) is 0 Å². The summed E-state index contributed by atoms with van der Waals surface area (Å²) in [6.45, 7) is 0. The SMILES string of the molecule is ClCc1ccc2scc(Br)c2n1. The molecular formula is C8H5BrClNS. The van der Waals surface area contributed by atoms with Crippen LogP contribution in [0.5, 0.6) is 0 Å². The lowest BCUT2D eigenvalue weighted by atomic mass is 10.3. The molecule has 12 heavy (non-hydrogen) atoms. The van der Waals surface area contributed by atoms with Crippen molar-refractivity contribution in [3.05, 3.63) is 27.7 Å². The summed E-state index contributed by atoms with van der Waals surface area (Å²) in [6.07, 6.45) is 0. The van der Waals surface area contributed by atoms with Crippen LogP contribution >= 0.6 is 38.9 Å². The fourth-order valence-electron chi connectivity index (χ4n) is 0.998. The third-order valence-corrected chi connectivity index (χ3v) is 3.69. The number of alkyl halides is 1. The molecular weight excluding hydrogens is 258 g/mol. The first-order chi connectivity index (χ1) is 5.81. The first kappa shape index (κ1) is 8.48. The van der Waals surface area contributed by atoms with Gasteiger partial charge in [-0.15, -0.1) is 22.9 Å². The molecule has 2 rings (SSSR count). The van der Waals surface area contributed by atoms with Crippen LogP contribution in [0.4, 0.5) is 0 Å². The lowest BCUT2D eigenvalue weighted by Gasteiger charge is -1.94. The molecule has 2 heterocycles. The molecule has 0 atom stereocenters. The van der Waals surface area contributed by atoms with Gasteiger partial charge in [-0.25, -0.2) is 4.98 Å². The number of rotatable bonds is 1. The second-order valence-corrected chi connectivity index (χ2v) is 4.40. The summed E-state index contributed by atoms with van der Waals surface area (Å²) in [5.41, 5.74) is 1.93. The topological polar surface area (TPSA) is 12.9 Å². The van der Waals surface area contributed by atoms with E-state index in [1.807, 2.05) is 11.4 Å². The standard InChI is InChI=1S/C8H5BrClNS/c9-6-4-12-7-2-1-5(3-10)11-8(6)7/h1-2,4H,3H2. The lowest BCUT2D eigenvalue weighted by molar-refractivity contribution is 1.22. The highest BCUT2D eigenvalue weighted by Crippen LogP contribution is 2.28. The van der Waals surface area contributed by atoms with Crippen LogP contribution in [-0.4, -0.2) is 4.98 Å². The Hall–Kier alpha value is -0.120. The Morgan fingerprint density at radius 3 is 3.08 bits per heavy atom. The molecule has 0 N–H and O–H groups in total. The molecule has 0 amide bonds. The van der Waals surface area contributed by atoms with Crippen LogP contribution in [0.1, 0.15) is 5.69 Å². The van der Waals surface area contributed by atoms with Crippen LogP contribution < -0.4 is 0 Å². The highest BCUT2D eigenvalue weighted by atomic mass is 79.9. The second kappa shape index (κ2) is 3.32. The number of nitrogens with zero attached hydrogens (tertiary/aromatic N) is 1. The summed E-state index contributed by atoms with van der Waals surface area (Å²) < 4.78 is 2.24. The summed E-state index contributed by atoms with van der Waals surface area (Å²) in [7, 11) is 0. The van der Waals surface area contributed by atoms with Crippen LogP contribution in [0.2, 0.25) is 0 Å². The van der Waals surface area contributed by atoms with Crippen molar-refractivity contribution in [2.75, 3.05) is 0 Å². The molecule has 2 aromatic heterocycles. The normalized spacial score (nSPS) is 10.8. The van der Waals surface area contributed by atoms with E-state index >= 15 is 0 Å². The molecule has 62 valence electrons. The van der Waals surface area contributed by atoms with Crippen molar-refractivity contribution in [3.63, 3.8) is 0 Å². The van der Waals surface area contributed by atoms with Crippen LogP contribution in [-0.2, 0) is 5.88 Å². The van der Waals surface area contributed by atoms with Gasteiger partial charge in [0, 0.05) is 5.38 Å². The number of fused-ring (bicyclic) bond motifs is 1. The Bertz CT molecular complexity index is 412. The molecule has 1 nitrogen and oxygen atoms in total. The summed E-state index contributed by atoms with van der Waals surface area (Å²) in [4.78, 5) is 4.38. The molecule has 0 aliphatic rings.